The normalized spacial score (nSPS) is 12.9. The van der Waals surface area contributed by atoms with Gasteiger partial charge < -0.3 is 14.2 Å². The van der Waals surface area contributed by atoms with Crippen molar-refractivity contribution in [2.75, 3.05) is 13.2 Å². The molecule has 0 heterocycles. The first-order chi connectivity index (χ1) is 36.0. The summed E-state index contributed by atoms with van der Waals surface area (Å²) in [6.07, 6.45) is 82.3. The Bertz CT molecular complexity index is 1490. The SMILES string of the molecule is CC/C=C\C/C=C\C/C=C\C/C=C\C/C=C\C/C=C\CCC(=O)OC[C@H](COC(=O)CCCCCCCCC/C=C\C/C=C\CCCCC)OC(=O)CCCCCCCCCCC/C=C\CCCCCCCC. The highest BCUT2D eigenvalue weighted by Gasteiger charge is 2.19. The maximum absolute atomic E-state index is 12.9. The van der Waals surface area contributed by atoms with Gasteiger partial charge in [0.15, 0.2) is 6.10 Å². The minimum absolute atomic E-state index is 0.107. The maximum atomic E-state index is 12.9. The third-order valence-electron chi connectivity index (χ3n) is 12.7. The molecule has 6 nitrogen and oxygen atoms in total. The number of carbonyl (C=O) groups is 3. The summed E-state index contributed by atoms with van der Waals surface area (Å²) in [6, 6.07) is 0. The Kier molecular flexibility index (Phi) is 57.4. The number of hydrogen-bond donors (Lipinski definition) is 0. The highest BCUT2D eigenvalue weighted by Crippen LogP contribution is 2.15. The highest BCUT2D eigenvalue weighted by molar-refractivity contribution is 5.71. The summed E-state index contributed by atoms with van der Waals surface area (Å²) in [5.74, 6) is -0.999. The second kappa shape index (κ2) is 60.6. The number of rotatable bonds is 54. The zero-order valence-electron chi connectivity index (χ0n) is 47.6. The molecule has 0 aromatic heterocycles. The first kappa shape index (κ1) is 69.1. The number of ether oxygens (including phenoxy) is 3. The molecule has 0 fully saturated rings. The lowest BCUT2D eigenvalue weighted by molar-refractivity contribution is -0.166. The lowest BCUT2D eigenvalue weighted by atomic mass is 10.1. The standard InChI is InChI=1S/C67H112O6/c1-4-7-10-13-16-19-22-25-28-31-33-36-39-42-45-48-51-54-57-60-66(69)72-63-64(62-71-65(68)59-56-53-50-47-44-41-38-35-30-27-24-21-18-15-12-9-6-3)73-67(70)61-58-55-52-49-46-43-40-37-34-32-29-26-23-20-17-14-11-8-5-2/h7,10,16,18-19,21,25-30,33,36,42,45,51,54,64H,4-6,8-9,11-15,17,20,22-24,31-32,34-35,37-41,43-44,46-50,52-53,55-63H2,1-3H3/b10-7-,19-16-,21-18-,28-25-,29-26-,30-27-,36-33-,45-42-,54-51-/t64-/m0/s1. The van der Waals surface area contributed by atoms with E-state index in [0.717, 1.165) is 89.9 Å². The quantitative estimate of drug-likeness (QED) is 0.0261. The van der Waals surface area contributed by atoms with Crippen LogP contribution in [0.25, 0.3) is 0 Å². The Labute approximate surface area is 450 Å². The van der Waals surface area contributed by atoms with Gasteiger partial charge in [-0.05, 0) is 116 Å². The van der Waals surface area contributed by atoms with Gasteiger partial charge in [0, 0.05) is 19.3 Å². The average Bonchev–Trinajstić information content (AvgIpc) is 3.39. The fraction of sp³-hybridized carbons (Fsp3) is 0.687. The van der Waals surface area contributed by atoms with Crippen LogP contribution in [0.5, 0.6) is 0 Å². The molecule has 0 amide bonds. The fourth-order valence-corrected chi connectivity index (χ4v) is 8.20. The monoisotopic (exact) mass is 1010 g/mol. The first-order valence-corrected chi connectivity index (χ1v) is 30.4. The molecule has 416 valence electrons. The van der Waals surface area contributed by atoms with Crippen molar-refractivity contribution < 1.29 is 28.6 Å². The molecule has 0 bridgehead atoms. The molecule has 0 N–H and O–H groups in total. The van der Waals surface area contributed by atoms with Gasteiger partial charge in [-0.3, -0.25) is 14.4 Å². The summed E-state index contributed by atoms with van der Waals surface area (Å²) in [5.41, 5.74) is 0. The summed E-state index contributed by atoms with van der Waals surface area (Å²) >= 11 is 0. The molecule has 0 aliphatic carbocycles. The van der Waals surface area contributed by atoms with Crippen molar-refractivity contribution in [2.45, 2.75) is 284 Å². The van der Waals surface area contributed by atoms with Gasteiger partial charge in [0.1, 0.15) is 13.2 Å². The van der Waals surface area contributed by atoms with Crippen molar-refractivity contribution in [3.63, 3.8) is 0 Å². The van der Waals surface area contributed by atoms with Gasteiger partial charge >= 0.3 is 17.9 Å². The van der Waals surface area contributed by atoms with Crippen LogP contribution in [0.1, 0.15) is 278 Å². The van der Waals surface area contributed by atoms with Crippen molar-refractivity contribution in [1.29, 1.82) is 0 Å². The van der Waals surface area contributed by atoms with Crippen LogP contribution in [-0.4, -0.2) is 37.2 Å². The molecular weight excluding hydrogens is 901 g/mol. The van der Waals surface area contributed by atoms with Crippen molar-refractivity contribution in [2.24, 2.45) is 0 Å². The molecule has 0 aromatic rings. The summed E-state index contributed by atoms with van der Waals surface area (Å²) in [4.78, 5) is 38.2. The summed E-state index contributed by atoms with van der Waals surface area (Å²) < 4.78 is 16.8. The van der Waals surface area contributed by atoms with E-state index in [4.69, 9.17) is 14.2 Å². The lowest BCUT2D eigenvalue weighted by Gasteiger charge is -2.18. The largest absolute Gasteiger partial charge is 0.462 e. The number of hydrogen-bond acceptors (Lipinski definition) is 6. The van der Waals surface area contributed by atoms with E-state index in [2.05, 4.69) is 124 Å². The van der Waals surface area contributed by atoms with Crippen LogP contribution in [0.15, 0.2) is 109 Å². The van der Waals surface area contributed by atoms with Crippen LogP contribution < -0.4 is 0 Å². The van der Waals surface area contributed by atoms with Crippen LogP contribution in [0, 0.1) is 0 Å². The van der Waals surface area contributed by atoms with E-state index < -0.39 is 6.10 Å². The number of allylic oxidation sites excluding steroid dienone is 18. The summed E-state index contributed by atoms with van der Waals surface area (Å²) in [7, 11) is 0. The maximum Gasteiger partial charge on any atom is 0.306 e. The average molecular weight is 1010 g/mol. The van der Waals surface area contributed by atoms with E-state index >= 15 is 0 Å². The van der Waals surface area contributed by atoms with E-state index in [-0.39, 0.29) is 37.5 Å². The van der Waals surface area contributed by atoms with Crippen LogP contribution in [0.2, 0.25) is 0 Å². The smallest absolute Gasteiger partial charge is 0.306 e. The molecule has 0 aromatic carbocycles. The molecule has 1 atom stereocenters. The van der Waals surface area contributed by atoms with Gasteiger partial charge in [-0.15, -0.1) is 0 Å². The molecular formula is C67H112O6. The van der Waals surface area contributed by atoms with Crippen molar-refractivity contribution in [3.8, 4) is 0 Å². The Balaban J connectivity index is 4.51. The molecule has 6 heteroatoms. The summed E-state index contributed by atoms with van der Waals surface area (Å²) in [6.45, 7) is 6.44. The second-order valence-electron chi connectivity index (χ2n) is 19.9. The zero-order chi connectivity index (χ0) is 52.9. The van der Waals surface area contributed by atoms with E-state index in [1.54, 1.807) is 0 Å². The number of carbonyl (C=O) groups excluding carboxylic acids is 3. The second-order valence-corrected chi connectivity index (χ2v) is 19.9. The van der Waals surface area contributed by atoms with E-state index in [9.17, 15) is 14.4 Å². The third kappa shape index (κ3) is 58.8. The number of unbranched alkanes of at least 4 members (excludes halogenated alkanes) is 25. The molecule has 0 spiro atoms. The minimum atomic E-state index is -0.816. The van der Waals surface area contributed by atoms with Gasteiger partial charge in [0.2, 0.25) is 0 Å². The van der Waals surface area contributed by atoms with Gasteiger partial charge in [0.05, 0.1) is 0 Å². The Morgan fingerprint density at radius 2 is 0.562 bits per heavy atom. The molecule has 0 saturated heterocycles. The third-order valence-corrected chi connectivity index (χ3v) is 12.7. The van der Waals surface area contributed by atoms with Gasteiger partial charge in [-0.1, -0.05) is 252 Å². The molecule has 0 rings (SSSR count). The minimum Gasteiger partial charge on any atom is -0.462 e. The van der Waals surface area contributed by atoms with Crippen LogP contribution in [-0.2, 0) is 28.6 Å². The highest BCUT2D eigenvalue weighted by atomic mass is 16.6. The van der Waals surface area contributed by atoms with Crippen molar-refractivity contribution in [1.82, 2.24) is 0 Å². The molecule has 0 unspecified atom stereocenters. The van der Waals surface area contributed by atoms with Crippen molar-refractivity contribution >= 4 is 17.9 Å². The van der Waals surface area contributed by atoms with Crippen LogP contribution >= 0.6 is 0 Å². The predicted octanol–water partition coefficient (Wildman–Crippen LogP) is 20.7. The Morgan fingerprint density at radius 3 is 0.959 bits per heavy atom. The van der Waals surface area contributed by atoms with Gasteiger partial charge in [-0.2, -0.15) is 0 Å². The Hall–Kier alpha value is -3.93. The first-order valence-electron chi connectivity index (χ1n) is 30.4. The summed E-state index contributed by atoms with van der Waals surface area (Å²) in [5, 5.41) is 0. The van der Waals surface area contributed by atoms with Gasteiger partial charge in [0.25, 0.3) is 0 Å². The zero-order valence-corrected chi connectivity index (χ0v) is 47.6. The Morgan fingerprint density at radius 1 is 0.288 bits per heavy atom. The van der Waals surface area contributed by atoms with Gasteiger partial charge in [-0.25, -0.2) is 0 Å². The topological polar surface area (TPSA) is 78.9 Å². The fourth-order valence-electron chi connectivity index (χ4n) is 8.20. The molecule has 0 radical (unpaired) electrons. The molecule has 73 heavy (non-hydrogen) atoms. The van der Waals surface area contributed by atoms with Crippen molar-refractivity contribution in [3.05, 3.63) is 109 Å². The van der Waals surface area contributed by atoms with E-state index in [1.807, 2.05) is 6.08 Å². The van der Waals surface area contributed by atoms with E-state index in [1.165, 1.54) is 141 Å². The van der Waals surface area contributed by atoms with E-state index in [0.29, 0.717) is 19.3 Å². The predicted molar refractivity (Wildman–Crippen MR) is 316 cm³/mol. The molecule has 0 saturated carbocycles. The van der Waals surface area contributed by atoms with Crippen LogP contribution in [0.3, 0.4) is 0 Å². The molecule has 0 aliphatic rings. The molecule has 0 aliphatic heterocycles. The number of esters is 3. The van der Waals surface area contributed by atoms with Crippen LogP contribution in [0.4, 0.5) is 0 Å². The lowest BCUT2D eigenvalue weighted by Crippen LogP contribution is -2.30.